The van der Waals surface area contributed by atoms with Crippen molar-refractivity contribution in [3.63, 3.8) is 0 Å². The molecule has 20 heavy (non-hydrogen) atoms. The van der Waals surface area contributed by atoms with Crippen LogP contribution in [0.3, 0.4) is 0 Å². The predicted molar refractivity (Wildman–Crippen MR) is 70.3 cm³/mol. The summed E-state index contributed by atoms with van der Waals surface area (Å²) in [5.74, 6) is 5.39. The number of hydrogen-bond acceptors (Lipinski definition) is 4. The summed E-state index contributed by atoms with van der Waals surface area (Å²) in [5.41, 5.74) is 1.85. The first-order chi connectivity index (χ1) is 9.43. The van der Waals surface area contributed by atoms with Crippen LogP contribution in [0.25, 0.3) is 0 Å². The number of aromatic nitrogens is 2. The van der Waals surface area contributed by atoms with Gasteiger partial charge in [0.25, 0.3) is 0 Å². The highest BCUT2D eigenvalue weighted by Gasteiger charge is 2.35. The molecule has 0 aliphatic rings. The minimum atomic E-state index is -4.48. The number of alkyl halides is 3. The van der Waals surface area contributed by atoms with Gasteiger partial charge in [0.05, 0.1) is 17.3 Å². The van der Waals surface area contributed by atoms with Crippen LogP contribution in [0.4, 0.5) is 13.2 Å². The van der Waals surface area contributed by atoms with Gasteiger partial charge >= 0.3 is 6.18 Å². The number of nitrogens with two attached hydrogens (primary N) is 1. The number of hydrogen-bond donors (Lipinski definition) is 2. The average Bonchev–Trinajstić information content (AvgIpc) is 2.41. The van der Waals surface area contributed by atoms with Crippen LogP contribution in [-0.4, -0.2) is 9.97 Å². The SMILES string of the molecule is NNC(c1ccc(Br)cn1)c1cnccc1C(F)(F)F. The Balaban J connectivity index is 2.50. The second-order valence-electron chi connectivity index (χ2n) is 3.96. The monoisotopic (exact) mass is 346 g/mol. The summed E-state index contributed by atoms with van der Waals surface area (Å²) in [6.07, 6.45) is -0.766. The molecule has 0 bridgehead atoms. The Kier molecular flexibility index (Phi) is 4.36. The number of nitrogens with zero attached hydrogens (tertiary/aromatic N) is 2. The third-order valence-corrected chi connectivity index (χ3v) is 3.15. The zero-order chi connectivity index (χ0) is 14.8. The van der Waals surface area contributed by atoms with Crippen LogP contribution in [0.5, 0.6) is 0 Å². The molecule has 2 heterocycles. The van der Waals surface area contributed by atoms with Gasteiger partial charge in [0.1, 0.15) is 0 Å². The average molecular weight is 347 g/mol. The van der Waals surface area contributed by atoms with Gasteiger partial charge in [-0.25, -0.2) is 5.43 Å². The van der Waals surface area contributed by atoms with Crippen LogP contribution in [0.15, 0.2) is 41.3 Å². The van der Waals surface area contributed by atoms with E-state index in [1.807, 2.05) is 0 Å². The molecule has 0 aromatic carbocycles. The van der Waals surface area contributed by atoms with Gasteiger partial charge < -0.3 is 0 Å². The minimum absolute atomic E-state index is 0.0719. The summed E-state index contributed by atoms with van der Waals surface area (Å²) >= 11 is 3.21. The smallest absolute Gasteiger partial charge is 0.271 e. The fraction of sp³-hybridized carbons (Fsp3) is 0.167. The van der Waals surface area contributed by atoms with Gasteiger partial charge in [0.15, 0.2) is 0 Å². The second-order valence-corrected chi connectivity index (χ2v) is 4.88. The fourth-order valence-electron chi connectivity index (χ4n) is 1.79. The highest BCUT2D eigenvalue weighted by atomic mass is 79.9. The van der Waals surface area contributed by atoms with Crippen LogP contribution in [-0.2, 0) is 6.18 Å². The lowest BCUT2D eigenvalue weighted by Crippen LogP contribution is -2.31. The lowest BCUT2D eigenvalue weighted by Gasteiger charge is -2.20. The van der Waals surface area contributed by atoms with E-state index in [2.05, 4.69) is 31.3 Å². The lowest BCUT2D eigenvalue weighted by molar-refractivity contribution is -0.138. The number of halogens is 4. The summed E-state index contributed by atoms with van der Waals surface area (Å²) in [6, 6.07) is 3.28. The van der Waals surface area contributed by atoms with E-state index in [-0.39, 0.29) is 5.56 Å². The molecule has 0 saturated carbocycles. The Bertz CT molecular complexity index is 586. The van der Waals surface area contributed by atoms with Crippen molar-refractivity contribution < 1.29 is 13.2 Å². The predicted octanol–water partition coefficient (Wildman–Crippen LogP) is 2.81. The minimum Gasteiger partial charge on any atom is -0.271 e. The zero-order valence-electron chi connectivity index (χ0n) is 10.0. The number of nitrogens with one attached hydrogen (secondary N) is 1. The van der Waals surface area contributed by atoms with Crippen LogP contribution in [0.1, 0.15) is 22.9 Å². The quantitative estimate of drug-likeness (QED) is 0.662. The zero-order valence-corrected chi connectivity index (χ0v) is 11.6. The Labute approximate surface area is 121 Å². The normalized spacial score (nSPS) is 13.2. The lowest BCUT2D eigenvalue weighted by atomic mass is 10.00. The summed E-state index contributed by atoms with van der Waals surface area (Å²) < 4.78 is 39.7. The third kappa shape index (κ3) is 3.14. The van der Waals surface area contributed by atoms with Gasteiger partial charge in [-0.15, -0.1) is 0 Å². The van der Waals surface area contributed by atoms with Crippen molar-refractivity contribution >= 4 is 15.9 Å². The van der Waals surface area contributed by atoms with Gasteiger partial charge in [-0.2, -0.15) is 13.2 Å². The molecule has 3 N–H and O–H groups in total. The molecule has 0 spiro atoms. The highest BCUT2D eigenvalue weighted by molar-refractivity contribution is 9.10. The summed E-state index contributed by atoms with van der Waals surface area (Å²) in [6.45, 7) is 0. The molecule has 0 amide bonds. The van der Waals surface area contributed by atoms with Gasteiger partial charge in [0.2, 0.25) is 0 Å². The molecule has 0 saturated heterocycles. The Hall–Kier alpha value is -1.51. The molecule has 106 valence electrons. The molecule has 0 fully saturated rings. The fourth-order valence-corrected chi connectivity index (χ4v) is 2.02. The van der Waals surface area contributed by atoms with Gasteiger partial charge in [0, 0.05) is 28.6 Å². The van der Waals surface area contributed by atoms with E-state index in [9.17, 15) is 13.2 Å². The molecule has 2 aromatic heterocycles. The largest absolute Gasteiger partial charge is 0.416 e. The summed E-state index contributed by atoms with van der Waals surface area (Å²) in [5, 5.41) is 0. The van der Waals surface area contributed by atoms with E-state index in [1.54, 1.807) is 12.1 Å². The molecule has 0 aliphatic carbocycles. The third-order valence-electron chi connectivity index (χ3n) is 2.68. The van der Waals surface area contributed by atoms with Crippen molar-refractivity contribution in [2.24, 2.45) is 5.84 Å². The van der Waals surface area contributed by atoms with Gasteiger partial charge in [-0.3, -0.25) is 15.8 Å². The van der Waals surface area contributed by atoms with E-state index in [0.717, 1.165) is 22.9 Å². The molecular formula is C12H10BrF3N4. The van der Waals surface area contributed by atoms with E-state index in [4.69, 9.17) is 5.84 Å². The Morgan fingerprint density at radius 3 is 2.50 bits per heavy atom. The molecule has 0 aliphatic heterocycles. The maximum absolute atomic E-state index is 13.0. The molecule has 2 aromatic rings. The first-order valence-corrected chi connectivity index (χ1v) is 6.31. The van der Waals surface area contributed by atoms with Gasteiger partial charge in [-0.1, -0.05) is 0 Å². The Morgan fingerprint density at radius 1 is 1.20 bits per heavy atom. The first kappa shape index (κ1) is 14.9. The number of pyridine rings is 2. The molecule has 0 radical (unpaired) electrons. The van der Waals surface area contributed by atoms with Crippen LogP contribution >= 0.6 is 15.9 Å². The maximum atomic E-state index is 13.0. The number of hydrazine groups is 1. The van der Waals surface area contributed by atoms with E-state index in [1.165, 1.54) is 6.20 Å². The summed E-state index contributed by atoms with van der Waals surface area (Å²) in [4.78, 5) is 7.80. The van der Waals surface area contributed by atoms with Crippen LogP contribution in [0.2, 0.25) is 0 Å². The molecule has 4 nitrogen and oxygen atoms in total. The molecular weight excluding hydrogens is 337 g/mol. The molecule has 1 unspecified atom stereocenters. The summed E-state index contributed by atoms with van der Waals surface area (Å²) in [7, 11) is 0. The maximum Gasteiger partial charge on any atom is 0.416 e. The first-order valence-electron chi connectivity index (χ1n) is 5.52. The van der Waals surface area contributed by atoms with E-state index < -0.39 is 17.8 Å². The van der Waals surface area contributed by atoms with E-state index >= 15 is 0 Å². The standard InChI is InChI=1S/C12H10BrF3N4/c13-7-1-2-10(19-5-7)11(20-17)8-6-18-4-3-9(8)12(14,15)16/h1-6,11,20H,17H2. The second kappa shape index (κ2) is 5.86. The van der Waals surface area contributed by atoms with Crippen molar-refractivity contribution in [2.75, 3.05) is 0 Å². The number of rotatable bonds is 3. The van der Waals surface area contributed by atoms with Crippen LogP contribution < -0.4 is 11.3 Å². The van der Waals surface area contributed by atoms with Crippen LogP contribution in [0, 0.1) is 0 Å². The highest BCUT2D eigenvalue weighted by Crippen LogP contribution is 2.35. The van der Waals surface area contributed by atoms with Crippen molar-refractivity contribution in [1.82, 2.24) is 15.4 Å². The van der Waals surface area contributed by atoms with Gasteiger partial charge in [-0.05, 0) is 34.1 Å². The molecule has 8 heteroatoms. The van der Waals surface area contributed by atoms with Crippen molar-refractivity contribution in [2.45, 2.75) is 12.2 Å². The topological polar surface area (TPSA) is 63.8 Å². The molecule has 2 rings (SSSR count). The van der Waals surface area contributed by atoms with E-state index in [0.29, 0.717) is 5.69 Å². The Morgan fingerprint density at radius 2 is 1.95 bits per heavy atom. The van der Waals surface area contributed by atoms with Crippen molar-refractivity contribution in [1.29, 1.82) is 0 Å². The van der Waals surface area contributed by atoms with Crippen molar-refractivity contribution in [3.05, 3.63) is 58.1 Å². The van der Waals surface area contributed by atoms with Crippen molar-refractivity contribution in [3.8, 4) is 0 Å². The molecule has 1 atom stereocenters.